The van der Waals surface area contributed by atoms with Gasteiger partial charge in [-0.05, 0) is 85.4 Å². The first-order chi connectivity index (χ1) is 16.5. The summed E-state index contributed by atoms with van der Waals surface area (Å²) >= 11 is 0. The van der Waals surface area contributed by atoms with Crippen LogP contribution in [0.2, 0.25) is 0 Å². The fourth-order valence-corrected chi connectivity index (χ4v) is 4.77. The van der Waals surface area contributed by atoms with Crippen LogP contribution in [0, 0.1) is 17.5 Å². The SMILES string of the molecule is C=CCOc1ccc(C2CCC(c3ccc(-c4ccc(OCC)cc4)c(F)c3F)CC2)cc1F. The van der Waals surface area contributed by atoms with Crippen LogP contribution in [0.3, 0.4) is 0 Å². The van der Waals surface area contributed by atoms with Gasteiger partial charge in [-0.25, -0.2) is 13.2 Å². The molecule has 0 bridgehead atoms. The van der Waals surface area contributed by atoms with Crippen LogP contribution in [0.4, 0.5) is 13.2 Å². The van der Waals surface area contributed by atoms with E-state index in [2.05, 4.69) is 6.58 Å². The summed E-state index contributed by atoms with van der Waals surface area (Å²) in [5.41, 5.74) is 2.19. The van der Waals surface area contributed by atoms with E-state index in [0.29, 0.717) is 23.5 Å². The number of benzene rings is 3. The predicted molar refractivity (Wildman–Crippen MR) is 129 cm³/mol. The molecule has 178 valence electrons. The molecule has 1 aliphatic carbocycles. The summed E-state index contributed by atoms with van der Waals surface area (Å²) in [7, 11) is 0. The second kappa shape index (κ2) is 10.8. The van der Waals surface area contributed by atoms with E-state index in [-0.39, 0.29) is 35.6 Å². The van der Waals surface area contributed by atoms with Gasteiger partial charge in [-0.1, -0.05) is 43.0 Å². The summed E-state index contributed by atoms with van der Waals surface area (Å²) in [5, 5.41) is 0. The minimum atomic E-state index is -0.819. The molecule has 0 saturated heterocycles. The zero-order valence-electron chi connectivity index (χ0n) is 19.3. The summed E-state index contributed by atoms with van der Waals surface area (Å²) in [4.78, 5) is 0. The Labute approximate surface area is 199 Å². The van der Waals surface area contributed by atoms with Gasteiger partial charge in [0.25, 0.3) is 0 Å². The van der Waals surface area contributed by atoms with E-state index in [4.69, 9.17) is 9.47 Å². The molecule has 5 heteroatoms. The van der Waals surface area contributed by atoms with Crippen LogP contribution in [0.15, 0.2) is 67.3 Å². The fraction of sp³-hybridized carbons (Fsp3) is 0.310. The minimum absolute atomic E-state index is 0.0554. The summed E-state index contributed by atoms with van der Waals surface area (Å²) in [6.07, 6.45) is 4.60. The standard InChI is InChI=1S/C29H29F3O2/c1-3-17-34-27-16-11-22(18-26(27)30)19-5-7-20(8-6-19)24-14-15-25(29(32)28(24)31)21-9-12-23(13-10-21)33-4-2/h3,9-16,18-20H,1,4-8,17H2,2H3. The van der Waals surface area contributed by atoms with Crippen molar-refractivity contribution in [2.45, 2.75) is 44.4 Å². The second-order valence-corrected chi connectivity index (χ2v) is 8.63. The van der Waals surface area contributed by atoms with Crippen molar-refractivity contribution < 1.29 is 22.6 Å². The Hall–Kier alpha value is -3.21. The van der Waals surface area contributed by atoms with E-state index in [0.717, 1.165) is 31.2 Å². The molecule has 1 saturated carbocycles. The second-order valence-electron chi connectivity index (χ2n) is 8.63. The lowest BCUT2D eigenvalue weighted by Gasteiger charge is -2.29. The van der Waals surface area contributed by atoms with E-state index in [1.54, 1.807) is 48.5 Å². The quantitative estimate of drug-likeness (QED) is 0.312. The average Bonchev–Trinajstić information content (AvgIpc) is 2.86. The molecule has 3 aromatic rings. The Bertz CT molecular complexity index is 1130. The van der Waals surface area contributed by atoms with Gasteiger partial charge in [0.2, 0.25) is 0 Å². The lowest BCUT2D eigenvalue weighted by molar-refractivity contribution is 0.340. The van der Waals surface area contributed by atoms with Crippen molar-refractivity contribution in [2.75, 3.05) is 13.2 Å². The van der Waals surface area contributed by atoms with Crippen molar-refractivity contribution in [3.05, 3.63) is 95.8 Å². The zero-order valence-corrected chi connectivity index (χ0v) is 19.3. The minimum Gasteiger partial charge on any atom is -0.494 e. The summed E-state index contributed by atoms with van der Waals surface area (Å²) in [6, 6.07) is 15.4. The highest BCUT2D eigenvalue weighted by Crippen LogP contribution is 2.43. The Morgan fingerprint density at radius 2 is 1.56 bits per heavy atom. The number of halogens is 3. The molecule has 1 aliphatic rings. The lowest BCUT2D eigenvalue weighted by atomic mass is 9.76. The van der Waals surface area contributed by atoms with Gasteiger partial charge in [-0.2, -0.15) is 0 Å². The smallest absolute Gasteiger partial charge is 0.166 e. The Kier molecular flexibility index (Phi) is 7.61. The summed E-state index contributed by atoms with van der Waals surface area (Å²) in [6.45, 7) is 6.26. The summed E-state index contributed by atoms with van der Waals surface area (Å²) in [5.74, 6) is -0.942. The Balaban J connectivity index is 1.45. The van der Waals surface area contributed by atoms with Crippen LogP contribution in [0.25, 0.3) is 11.1 Å². The third-order valence-electron chi connectivity index (χ3n) is 6.54. The molecule has 3 aromatic carbocycles. The van der Waals surface area contributed by atoms with Crippen LogP contribution in [0.1, 0.15) is 55.6 Å². The van der Waals surface area contributed by atoms with Gasteiger partial charge < -0.3 is 9.47 Å². The molecule has 1 fully saturated rings. The number of hydrogen-bond donors (Lipinski definition) is 0. The van der Waals surface area contributed by atoms with E-state index >= 15 is 4.39 Å². The average molecular weight is 467 g/mol. The van der Waals surface area contributed by atoms with Gasteiger partial charge >= 0.3 is 0 Å². The largest absolute Gasteiger partial charge is 0.494 e. The van der Waals surface area contributed by atoms with Crippen molar-refractivity contribution in [2.24, 2.45) is 0 Å². The van der Waals surface area contributed by atoms with Gasteiger partial charge in [0, 0.05) is 5.56 Å². The van der Waals surface area contributed by atoms with E-state index in [9.17, 15) is 8.78 Å². The van der Waals surface area contributed by atoms with E-state index < -0.39 is 11.6 Å². The van der Waals surface area contributed by atoms with Gasteiger partial charge in [0.15, 0.2) is 23.2 Å². The monoisotopic (exact) mass is 466 g/mol. The molecule has 0 aromatic heterocycles. The maximum atomic E-state index is 15.1. The van der Waals surface area contributed by atoms with Crippen LogP contribution in [-0.2, 0) is 0 Å². The molecule has 0 atom stereocenters. The highest BCUT2D eigenvalue weighted by atomic mass is 19.2. The first-order valence-electron chi connectivity index (χ1n) is 11.8. The Morgan fingerprint density at radius 3 is 2.21 bits per heavy atom. The van der Waals surface area contributed by atoms with Gasteiger partial charge in [0.1, 0.15) is 12.4 Å². The number of rotatable bonds is 8. The molecule has 34 heavy (non-hydrogen) atoms. The van der Waals surface area contributed by atoms with Gasteiger partial charge in [-0.15, -0.1) is 0 Å². The fourth-order valence-electron chi connectivity index (χ4n) is 4.77. The number of ether oxygens (including phenoxy) is 2. The molecular weight excluding hydrogens is 437 g/mol. The zero-order chi connectivity index (χ0) is 24.1. The molecule has 0 aliphatic heterocycles. The molecular formula is C29H29F3O2. The summed E-state index contributed by atoms with van der Waals surface area (Å²) < 4.78 is 55.2. The Morgan fingerprint density at radius 1 is 0.853 bits per heavy atom. The molecule has 0 radical (unpaired) electrons. The topological polar surface area (TPSA) is 18.5 Å². The van der Waals surface area contributed by atoms with Crippen molar-refractivity contribution >= 4 is 0 Å². The molecule has 0 amide bonds. The van der Waals surface area contributed by atoms with Crippen LogP contribution >= 0.6 is 0 Å². The van der Waals surface area contributed by atoms with Crippen LogP contribution in [0.5, 0.6) is 11.5 Å². The third kappa shape index (κ3) is 5.14. The molecule has 2 nitrogen and oxygen atoms in total. The van der Waals surface area contributed by atoms with E-state index in [1.807, 2.05) is 13.0 Å². The van der Waals surface area contributed by atoms with Crippen molar-refractivity contribution in [3.8, 4) is 22.6 Å². The number of hydrogen-bond acceptors (Lipinski definition) is 2. The van der Waals surface area contributed by atoms with Crippen molar-refractivity contribution in [1.29, 1.82) is 0 Å². The van der Waals surface area contributed by atoms with Crippen LogP contribution < -0.4 is 9.47 Å². The van der Waals surface area contributed by atoms with Crippen molar-refractivity contribution in [3.63, 3.8) is 0 Å². The van der Waals surface area contributed by atoms with Gasteiger partial charge in [0.05, 0.1) is 6.61 Å². The first-order valence-corrected chi connectivity index (χ1v) is 11.8. The van der Waals surface area contributed by atoms with Crippen molar-refractivity contribution in [1.82, 2.24) is 0 Å². The molecule has 0 spiro atoms. The molecule has 0 N–H and O–H groups in total. The first kappa shape index (κ1) is 23.9. The maximum absolute atomic E-state index is 15.1. The third-order valence-corrected chi connectivity index (χ3v) is 6.54. The van der Waals surface area contributed by atoms with Crippen LogP contribution in [-0.4, -0.2) is 13.2 Å². The lowest BCUT2D eigenvalue weighted by Crippen LogP contribution is -2.14. The highest BCUT2D eigenvalue weighted by molar-refractivity contribution is 5.65. The maximum Gasteiger partial charge on any atom is 0.166 e. The molecule has 4 rings (SSSR count). The normalized spacial score (nSPS) is 17.9. The molecule has 0 heterocycles. The predicted octanol–water partition coefficient (Wildman–Crippen LogP) is 8.18. The van der Waals surface area contributed by atoms with Gasteiger partial charge in [-0.3, -0.25) is 0 Å². The molecule has 0 unspecified atom stereocenters. The highest BCUT2D eigenvalue weighted by Gasteiger charge is 2.27. The van der Waals surface area contributed by atoms with E-state index in [1.165, 1.54) is 6.07 Å².